The summed E-state index contributed by atoms with van der Waals surface area (Å²) in [6.07, 6.45) is 0. The third-order valence-electron chi connectivity index (χ3n) is 4.37. The van der Waals surface area contributed by atoms with Crippen LogP contribution in [0.15, 0.2) is 42.5 Å². The number of nitrogens with one attached hydrogen (secondary N) is 2. The zero-order valence-electron chi connectivity index (χ0n) is 17.7. The van der Waals surface area contributed by atoms with Gasteiger partial charge < -0.3 is 15.4 Å². The molecule has 0 atom stereocenters. The van der Waals surface area contributed by atoms with Gasteiger partial charge in [-0.3, -0.25) is 9.59 Å². The molecule has 0 unspecified atom stereocenters. The lowest BCUT2D eigenvalue weighted by Crippen LogP contribution is -2.21. The number of esters is 1. The molecule has 9 heteroatoms. The first-order valence-corrected chi connectivity index (χ1v) is 9.59. The Bertz CT molecular complexity index is 1140. The Morgan fingerprint density at radius 2 is 1.58 bits per heavy atom. The average molecular weight is 421 g/mol. The van der Waals surface area contributed by atoms with Crippen molar-refractivity contribution in [3.05, 3.63) is 65.0 Å². The number of aromatic nitrogens is 3. The van der Waals surface area contributed by atoms with Gasteiger partial charge in [0.15, 0.2) is 12.3 Å². The highest BCUT2D eigenvalue weighted by Crippen LogP contribution is 2.16. The second-order valence-electron chi connectivity index (χ2n) is 7.10. The fourth-order valence-electron chi connectivity index (χ4n) is 2.94. The number of anilines is 2. The Balaban J connectivity index is 1.60. The van der Waals surface area contributed by atoms with E-state index in [2.05, 4.69) is 20.8 Å². The highest BCUT2D eigenvalue weighted by Gasteiger charge is 2.19. The van der Waals surface area contributed by atoms with Crippen LogP contribution in [0.5, 0.6) is 0 Å². The number of amides is 2. The van der Waals surface area contributed by atoms with Gasteiger partial charge in [0.1, 0.15) is 0 Å². The van der Waals surface area contributed by atoms with Crippen LogP contribution < -0.4 is 10.6 Å². The molecule has 31 heavy (non-hydrogen) atoms. The number of ether oxygens (including phenoxy) is 1. The lowest BCUT2D eigenvalue weighted by atomic mass is 10.1. The third-order valence-corrected chi connectivity index (χ3v) is 4.37. The molecule has 3 aromatic rings. The van der Waals surface area contributed by atoms with Gasteiger partial charge in [-0.25, -0.2) is 4.79 Å². The van der Waals surface area contributed by atoms with Crippen LogP contribution in [-0.2, 0) is 14.3 Å². The van der Waals surface area contributed by atoms with Crippen molar-refractivity contribution >= 4 is 29.2 Å². The third kappa shape index (κ3) is 5.53. The van der Waals surface area contributed by atoms with Crippen LogP contribution in [0.2, 0.25) is 0 Å². The summed E-state index contributed by atoms with van der Waals surface area (Å²) >= 11 is 0. The van der Waals surface area contributed by atoms with Gasteiger partial charge in [0, 0.05) is 18.3 Å². The zero-order valence-corrected chi connectivity index (χ0v) is 17.7. The first-order chi connectivity index (χ1) is 14.7. The lowest BCUT2D eigenvalue weighted by molar-refractivity contribution is -0.119. The Kier molecular flexibility index (Phi) is 6.44. The number of nitrogens with zero attached hydrogens (tertiary/aromatic N) is 3. The molecule has 0 spiro atoms. The summed E-state index contributed by atoms with van der Waals surface area (Å²) in [6, 6.07) is 12.4. The molecule has 2 aromatic carbocycles. The summed E-state index contributed by atoms with van der Waals surface area (Å²) in [7, 11) is 0. The SMILES string of the molecule is CC(=O)Nc1ccc(NC(=O)COC(=O)c2nn(-c3ccc(C)cc3C)nc2C)cc1. The maximum atomic E-state index is 12.4. The van der Waals surface area contributed by atoms with E-state index in [4.69, 9.17) is 4.74 Å². The van der Waals surface area contributed by atoms with E-state index in [0.717, 1.165) is 16.8 Å². The summed E-state index contributed by atoms with van der Waals surface area (Å²) in [5.41, 5.74) is 4.41. The standard InChI is InChI=1S/C22H23N5O4/c1-13-5-10-19(14(2)11-13)27-25-15(3)21(26-27)22(30)31-12-20(29)24-18-8-6-17(7-9-18)23-16(4)28/h5-11H,12H2,1-4H3,(H,23,28)(H,24,29). The molecule has 160 valence electrons. The second kappa shape index (κ2) is 9.21. The predicted molar refractivity (Wildman–Crippen MR) is 115 cm³/mol. The van der Waals surface area contributed by atoms with Crippen molar-refractivity contribution < 1.29 is 19.1 Å². The van der Waals surface area contributed by atoms with E-state index >= 15 is 0 Å². The Hall–Kier alpha value is -4.01. The number of benzene rings is 2. The predicted octanol–water partition coefficient (Wildman–Crippen LogP) is 2.95. The first kappa shape index (κ1) is 21.7. The van der Waals surface area contributed by atoms with E-state index in [-0.39, 0.29) is 11.6 Å². The number of carbonyl (C=O) groups is 3. The largest absolute Gasteiger partial charge is 0.451 e. The normalized spacial score (nSPS) is 10.5. The molecule has 1 aromatic heterocycles. The smallest absolute Gasteiger partial charge is 0.361 e. The van der Waals surface area contributed by atoms with Gasteiger partial charge in [0.2, 0.25) is 5.91 Å². The molecule has 0 saturated carbocycles. The number of carbonyl (C=O) groups excluding carboxylic acids is 3. The molecule has 0 aliphatic heterocycles. The topological polar surface area (TPSA) is 115 Å². The van der Waals surface area contributed by atoms with E-state index in [1.54, 1.807) is 31.2 Å². The molecule has 0 saturated heterocycles. The first-order valence-electron chi connectivity index (χ1n) is 9.59. The molecule has 2 amide bonds. The summed E-state index contributed by atoms with van der Waals surface area (Å²) in [5, 5.41) is 13.8. The molecule has 2 N–H and O–H groups in total. The van der Waals surface area contributed by atoms with Crippen LogP contribution in [0.25, 0.3) is 5.69 Å². The highest BCUT2D eigenvalue weighted by atomic mass is 16.5. The van der Waals surface area contributed by atoms with E-state index in [1.807, 2.05) is 32.0 Å². The molecule has 0 fully saturated rings. The molecular weight excluding hydrogens is 398 g/mol. The Labute approximate surface area is 179 Å². The van der Waals surface area contributed by atoms with Crippen molar-refractivity contribution in [3.63, 3.8) is 0 Å². The fourth-order valence-corrected chi connectivity index (χ4v) is 2.94. The van der Waals surface area contributed by atoms with Crippen molar-refractivity contribution in [2.24, 2.45) is 0 Å². The van der Waals surface area contributed by atoms with Crippen molar-refractivity contribution in [2.75, 3.05) is 17.2 Å². The van der Waals surface area contributed by atoms with E-state index < -0.39 is 18.5 Å². The molecule has 3 rings (SSSR count). The molecule has 0 bridgehead atoms. The van der Waals surface area contributed by atoms with Crippen LogP contribution in [0.3, 0.4) is 0 Å². The minimum Gasteiger partial charge on any atom is -0.451 e. The van der Waals surface area contributed by atoms with Crippen LogP contribution in [-0.4, -0.2) is 39.4 Å². The van der Waals surface area contributed by atoms with E-state index in [0.29, 0.717) is 17.1 Å². The average Bonchev–Trinajstić information content (AvgIpc) is 3.08. The van der Waals surface area contributed by atoms with E-state index in [1.165, 1.54) is 11.7 Å². The van der Waals surface area contributed by atoms with Crippen molar-refractivity contribution in [3.8, 4) is 5.69 Å². The second-order valence-corrected chi connectivity index (χ2v) is 7.10. The number of hydrogen-bond donors (Lipinski definition) is 2. The van der Waals surface area contributed by atoms with Crippen molar-refractivity contribution in [1.29, 1.82) is 0 Å². The highest BCUT2D eigenvalue weighted by molar-refractivity contribution is 5.95. The molecule has 0 radical (unpaired) electrons. The monoisotopic (exact) mass is 421 g/mol. The van der Waals surface area contributed by atoms with Gasteiger partial charge in [-0.1, -0.05) is 17.7 Å². The van der Waals surface area contributed by atoms with Crippen molar-refractivity contribution in [2.45, 2.75) is 27.7 Å². The summed E-state index contributed by atoms with van der Waals surface area (Å²) < 4.78 is 5.09. The van der Waals surface area contributed by atoms with Gasteiger partial charge in [0.25, 0.3) is 5.91 Å². The number of rotatable bonds is 6. The van der Waals surface area contributed by atoms with Crippen molar-refractivity contribution in [1.82, 2.24) is 15.0 Å². The quantitative estimate of drug-likeness (QED) is 0.592. The zero-order chi connectivity index (χ0) is 22.5. The van der Waals surface area contributed by atoms with Gasteiger partial charge in [-0.15, -0.1) is 5.10 Å². The maximum Gasteiger partial charge on any atom is 0.361 e. The van der Waals surface area contributed by atoms with E-state index in [9.17, 15) is 14.4 Å². The van der Waals surface area contributed by atoms with Crippen LogP contribution in [0, 0.1) is 20.8 Å². The van der Waals surface area contributed by atoms with Gasteiger partial charge in [0.05, 0.1) is 11.4 Å². The van der Waals surface area contributed by atoms with Gasteiger partial charge >= 0.3 is 5.97 Å². The number of aryl methyl sites for hydroxylation is 3. The molecule has 0 aliphatic carbocycles. The summed E-state index contributed by atoms with van der Waals surface area (Å²) in [5.74, 6) is -1.42. The maximum absolute atomic E-state index is 12.4. The Morgan fingerprint density at radius 1 is 0.935 bits per heavy atom. The molecular formula is C22H23N5O4. The van der Waals surface area contributed by atoms with Gasteiger partial charge in [-0.2, -0.15) is 9.90 Å². The number of hydrogen-bond acceptors (Lipinski definition) is 6. The van der Waals surface area contributed by atoms with Gasteiger partial charge in [-0.05, 0) is 56.7 Å². The summed E-state index contributed by atoms with van der Waals surface area (Å²) in [6.45, 7) is 6.52. The fraction of sp³-hybridized carbons (Fsp3) is 0.227. The minimum atomic E-state index is -0.732. The molecule has 9 nitrogen and oxygen atoms in total. The summed E-state index contributed by atoms with van der Waals surface area (Å²) in [4.78, 5) is 36.9. The lowest BCUT2D eigenvalue weighted by Gasteiger charge is -2.07. The van der Waals surface area contributed by atoms with Crippen LogP contribution in [0.1, 0.15) is 34.2 Å². The van der Waals surface area contributed by atoms with Crippen LogP contribution >= 0.6 is 0 Å². The molecule has 1 heterocycles. The van der Waals surface area contributed by atoms with Crippen LogP contribution in [0.4, 0.5) is 11.4 Å². The molecule has 0 aliphatic rings. The minimum absolute atomic E-state index is 0.0486. The Morgan fingerprint density at radius 3 is 2.19 bits per heavy atom.